The molecule has 0 aliphatic rings. The van der Waals surface area contributed by atoms with E-state index >= 15 is 0 Å². The van der Waals surface area contributed by atoms with E-state index in [1.54, 1.807) is 17.9 Å². The summed E-state index contributed by atoms with van der Waals surface area (Å²) >= 11 is 5.78. The van der Waals surface area contributed by atoms with Crippen LogP contribution in [0.3, 0.4) is 0 Å². The second-order valence-electron chi connectivity index (χ2n) is 2.69. The maximum Gasteiger partial charge on any atom is 0.243 e. The fraction of sp³-hybridized carbons (Fsp3) is 0.250. The number of fused-ring (bicyclic) bond motifs is 1. The molecule has 2 aromatic heterocycles. The average Bonchev–Trinajstić information content (AvgIpc) is 2.43. The third-order valence-corrected chi connectivity index (χ3v) is 1.93. The predicted octanol–water partition coefficient (Wildman–Crippen LogP) is 1.63. The number of nitrogens with zero attached hydrogens (tertiary/aromatic N) is 3. The molecule has 0 saturated carbocycles. The van der Waals surface area contributed by atoms with Gasteiger partial charge in [-0.15, -0.1) is 0 Å². The molecule has 0 amide bonds. The van der Waals surface area contributed by atoms with Gasteiger partial charge in [-0.3, -0.25) is 4.68 Å². The maximum atomic E-state index is 5.78. The molecule has 0 unspecified atom stereocenters. The molecule has 0 fully saturated rings. The normalized spacial score (nSPS) is 10.7. The van der Waals surface area contributed by atoms with E-state index in [0.717, 1.165) is 10.9 Å². The van der Waals surface area contributed by atoms with Crippen LogP contribution in [0.4, 0.5) is 0 Å². The van der Waals surface area contributed by atoms with Crippen LogP contribution in [0.1, 0.15) is 0 Å². The largest absolute Gasteiger partial charge is 0.479 e. The number of hydrogen-bond donors (Lipinski definition) is 0. The minimum Gasteiger partial charge on any atom is -0.479 e. The summed E-state index contributed by atoms with van der Waals surface area (Å²) in [5, 5.41) is 5.54. The topological polar surface area (TPSA) is 39.9 Å². The fourth-order valence-corrected chi connectivity index (χ4v) is 1.43. The van der Waals surface area contributed by atoms with Crippen molar-refractivity contribution in [3.8, 4) is 5.88 Å². The molecule has 2 rings (SSSR count). The Morgan fingerprint density at radius 3 is 3.00 bits per heavy atom. The summed E-state index contributed by atoms with van der Waals surface area (Å²) in [6, 6.07) is 1.76. The Morgan fingerprint density at radius 1 is 1.54 bits per heavy atom. The molecule has 4 nitrogen and oxygen atoms in total. The molecule has 0 atom stereocenters. The number of aromatic nitrogens is 3. The first kappa shape index (κ1) is 8.31. The van der Waals surface area contributed by atoms with Gasteiger partial charge < -0.3 is 4.74 Å². The molecule has 0 saturated heterocycles. The van der Waals surface area contributed by atoms with Crippen molar-refractivity contribution in [1.29, 1.82) is 0 Å². The van der Waals surface area contributed by atoms with Crippen LogP contribution in [0.25, 0.3) is 10.9 Å². The van der Waals surface area contributed by atoms with Gasteiger partial charge in [0.2, 0.25) is 5.88 Å². The molecular formula is C8H8ClN3O. The van der Waals surface area contributed by atoms with Crippen molar-refractivity contribution in [2.45, 2.75) is 0 Å². The van der Waals surface area contributed by atoms with Crippen molar-refractivity contribution in [3.05, 3.63) is 17.4 Å². The zero-order chi connectivity index (χ0) is 9.42. The minimum absolute atomic E-state index is 0.414. The van der Waals surface area contributed by atoms with Crippen molar-refractivity contribution >= 4 is 22.5 Å². The number of aryl methyl sites for hydroxylation is 1. The van der Waals surface area contributed by atoms with Crippen molar-refractivity contribution in [1.82, 2.24) is 14.8 Å². The van der Waals surface area contributed by atoms with Gasteiger partial charge in [-0.05, 0) is 6.07 Å². The van der Waals surface area contributed by atoms with E-state index in [2.05, 4.69) is 10.1 Å². The van der Waals surface area contributed by atoms with Gasteiger partial charge in [-0.2, -0.15) is 10.1 Å². The van der Waals surface area contributed by atoms with Crippen LogP contribution in [0.2, 0.25) is 5.15 Å². The zero-order valence-corrected chi connectivity index (χ0v) is 8.04. The van der Waals surface area contributed by atoms with Gasteiger partial charge >= 0.3 is 0 Å². The Hall–Kier alpha value is -1.29. The van der Waals surface area contributed by atoms with Gasteiger partial charge in [0.15, 0.2) is 5.52 Å². The summed E-state index contributed by atoms with van der Waals surface area (Å²) < 4.78 is 6.75. The Balaban J connectivity index is 2.80. The van der Waals surface area contributed by atoms with Crippen LogP contribution in [-0.4, -0.2) is 21.9 Å². The fourth-order valence-electron chi connectivity index (χ4n) is 1.23. The van der Waals surface area contributed by atoms with Gasteiger partial charge in [-0.25, -0.2) is 0 Å². The molecule has 68 valence electrons. The van der Waals surface area contributed by atoms with Gasteiger partial charge in [0.05, 0.1) is 7.11 Å². The van der Waals surface area contributed by atoms with Crippen LogP contribution < -0.4 is 4.74 Å². The van der Waals surface area contributed by atoms with Crippen LogP contribution >= 0.6 is 11.6 Å². The summed E-state index contributed by atoms with van der Waals surface area (Å²) in [5.74, 6) is 0.461. The van der Waals surface area contributed by atoms with E-state index in [1.165, 1.54) is 0 Å². The molecule has 2 heterocycles. The van der Waals surface area contributed by atoms with Crippen LogP contribution in [0.15, 0.2) is 12.3 Å². The monoisotopic (exact) mass is 197 g/mol. The Labute approximate surface area is 80.1 Å². The highest BCUT2D eigenvalue weighted by molar-refractivity contribution is 6.30. The lowest BCUT2D eigenvalue weighted by Gasteiger charge is -1.98. The van der Waals surface area contributed by atoms with Gasteiger partial charge in [0.1, 0.15) is 5.15 Å². The second kappa shape index (κ2) is 2.88. The average molecular weight is 198 g/mol. The number of halogens is 1. The summed E-state index contributed by atoms with van der Waals surface area (Å²) in [5.41, 5.74) is 0.731. The molecule has 0 N–H and O–H groups in total. The number of rotatable bonds is 1. The van der Waals surface area contributed by atoms with Gasteiger partial charge in [-0.1, -0.05) is 11.6 Å². The number of hydrogen-bond acceptors (Lipinski definition) is 3. The van der Waals surface area contributed by atoms with E-state index in [9.17, 15) is 0 Å². The van der Waals surface area contributed by atoms with Crippen molar-refractivity contribution in [2.24, 2.45) is 7.05 Å². The summed E-state index contributed by atoms with van der Waals surface area (Å²) in [6.07, 6.45) is 1.87. The first-order valence-electron chi connectivity index (χ1n) is 3.74. The SMILES string of the molecule is COc1nc(Cl)cc2cn(C)nc12. The number of ether oxygens (including phenoxy) is 1. The van der Waals surface area contributed by atoms with Crippen molar-refractivity contribution < 1.29 is 4.74 Å². The second-order valence-corrected chi connectivity index (χ2v) is 3.08. The Kier molecular flexibility index (Phi) is 1.84. The first-order chi connectivity index (χ1) is 6.20. The molecule has 13 heavy (non-hydrogen) atoms. The van der Waals surface area contributed by atoms with E-state index in [1.807, 2.05) is 13.2 Å². The van der Waals surface area contributed by atoms with E-state index in [-0.39, 0.29) is 0 Å². The lowest BCUT2D eigenvalue weighted by molar-refractivity contribution is 0.402. The lowest BCUT2D eigenvalue weighted by Crippen LogP contribution is -1.90. The highest BCUT2D eigenvalue weighted by atomic mass is 35.5. The smallest absolute Gasteiger partial charge is 0.243 e. The molecule has 0 spiro atoms. The first-order valence-corrected chi connectivity index (χ1v) is 4.12. The molecule has 0 aliphatic heterocycles. The molecule has 0 aromatic carbocycles. The zero-order valence-electron chi connectivity index (χ0n) is 7.28. The highest BCUT2D eigenvalue weighted by Gasteiger charge is 2.08. The summed E-state index contributed by atoms with van der Waals surface area (Å²) in [4.78, 5) is 4.00. The molecular weight excluding hydrogens is 190 g/mol. The number of methoxy groups -OCH3 is 1. The summed E-state index contributed by atoms with van der Waals surface area (Å²) in [6.45, 7) is 0. The van der Waals surface area contributed by atoms with Crippen LogP contribution in [0.5, 0.6) is 5.88 Å². The summed E-state index contributed by atoms with van der Waals surface area (Å²) in [7, 11) is 3.39. The Bertz CT molecular complexity index is 452. The molecule has 5 heteroatoms. The maximum absolute atomic E-state index is 5.78. The van der Waals surface area contributed by atoms with E-state index in [4.69, 9.17) is 16.3 Å². The molecule has 0 bridgehead atoms. The third kappa shape index (κ3) is 1.33. The van der Waals surface area contributed by atoms with Crippen molar-refractivity contribution in [3.63, 3.8) is 0 Å². The van der Waals surface area contributed by atoms with Crippen molar-refractivity contribution in [2.75, 3.05) is 7.11 Å². The molecule has 2 aromatic rings. The van der Waals surface area contributed by atoms with Crippen LogP contribution in [0, 0.1) is 0 Å². The standard InChI is InChI=1S/C8H8ClN3O/c1-12-4-5-3-6(9)10-8(13-2)7(5)11-12/h3-4H,1-2H3. The van der Waals surface area contributed by atoms with E-state index in [0.29, 0.717) is 11.0 Å². The third-order valence-electron chi connectivity index (χ3n) is 1.74. The predicted molar refractivity (Wildman–Crippen MR) is 50.1 cm³/mol. The molecule has 0 aliphatic carbocycles. The number of pyridine rings is 1. The van der Waals surface area contributed by atoms with Gasteiger partial charge in [0, 0.05) is 18.6 Å². The van der Waals surface area contributed by atoms with Gasteiger partial charge in [0.25, 0.3) is 0 Å². The van der Waals surface area contributed by atoms with E-state index < -0.39 is 0 Å². The molecule has 0 radical (unpaired) electrons. The Morgan fingerprint density at radius 2 is 2.31 bits per heavy atom. The van der Waals surface area contributed by atoms with Crippen LogP contribution in [-0.2, 0) is 7.05 Å². The lowest BCUT2D eigenvalue weighted by atomic mass is 10.3. The minimum atomic E-state index is 0.414. The quantitative estimate of drug-likeness (QED) is 0.653. The highest BCUT2D eigenvalue weighted by Crippen LogP contribution is 2.24.